The van der Waals surface area contributed by atoms with Crippen molar-refractivity contribution in [3.05, 3.63) is 0 Å². The second-order valence-electron chi connectivity index (χ2n) is 5.59. The van der Waals surface area contributed by atoms with Crippen LogP contribution in [0.3, 0.4) is 0 Å². The minimum Gasteiger partial charge on any atom is -0.377 e. The molecule has 5 heteroatoms. The van der Waals surface area contributed by atoms with Gasteiger partial charge in [-0.1, -0.05) is 0 Å². The fourth-order valence-corrected chi connectivity index (χ4v) is 4.83. The van der Waals surface area contributed by atoms with Gasteiger partial charge in [-0.05, 0) is 19.8 Å². The lowest BCUT2D eigenvalue weighted by Crippen LogP contribution is -2.48. The van der Waals surface area contributed by atoms with Gasteiger partial charge in [0.05, 0.1) is 19.3 Å². The average Bonchev–Trinajstić information content (AvgIpc) is 2.96. The summed E-state index contributed by atoms with van der Waals surface area (Å²) in [4.78, 5) is 0. The molecule has 1 saturated carbocycles. The van der Waals surface area contributed by atoms with Gasteiger partial charge in [-0.15, -0.1) is 0 Å². The molecule has 1 spiro atoms. The van der Waals surface area contributed by atoms with E-state index in [0.29, 0.717) is 16.6 Å². The third-order valence-electron chi connectivity index (χ3n) is 4.32. The first-order valence-corrected chi connectivity index (χ1v) is 7.93. The Morgan fingerprint density at radius 3 is 2.56 bits per heavy atom. The van der Waals surface area contributed by atoms with Crippen molar-refractivity contribution in [3.8, 4) is 0 Å². The number of hydrogen-bond acceptors (Lipinski definition) is 5. The van der Waals surface area contributed by atoms with Crippen LogP contribution in [0.2, 0.25) is 0 Å². The van der Waals surface area contributed by atoms with Gasteiger partial charge in [0.25, 0.3) is 0 Å². The molecular weight excluding hydrogens is 250 g/mol. The van der Waals surface area contributed by atoms with E-state index in [1.54, 1.807) is 0 Å². The van der Waals surface area contributed by atoms with E-state index in [1.165, 1.54) is 0 Å². The van der Waals surface area contributed by atoms with Crippen molar-refractivity contribution < 1.29 is 14.2 Å². The van der Waals surface area contributed by atoms with Gasteiger partial charge in [0.15, 0.2) is 5.79 Å². The summed E-state index contributed by atoms with van der Waals surface area (Å²) >= 11 is 2.00. The van der Waals surface area contributed by atoms with E-state index in [4.69, 9.17) is 19.9 Å². The van der Waals surface area contributed by atoms with Crippen molar-refractivity contribution in [1.82, 2.24) is 0 Å². The molecular formula is C13H23NO3S. The molecule has 4 atom stereocenters. The highest BCUT2D eigenvalue weighted by Crippen LogP contribution is 2.42. The highest BCUT2D eigenvalue weighted by Gasteiger charge is 2.45. The molecule has 18 heavy (non-hydrogen) atoms. The number of nitrogens with two attached hydrogens (primary N) is 1. The molecule has 0 amide bonds. The number of ether oxygens (including phenoxy) is 3. The molecule has 0 aromatic heterocycles. The monoisotopic (exact) mass is 273 g/mol. The highest BCUT2D eigenvalue weighted by molar-refractivity contribution is 8.00. The Balaban J connectivity index is 1.62. The van der Waals surface area contributed by atoms with Crippen molar-refractivity contribution in [1.29, 1.82) is 0 Å². The lowest BCUT2D eigenvalue weighted by molar-refractivity contribution is -0.176. The van der Waals surface area contributed by atoms with Gasteiger partial charge in [0.1, 0.15) is 0 Å². The second-order valence-corrected chi connectivity index (χ2v) is 7.07. The van der Waals surface area contributed by atoms with Crippen LogP contribution in [0.15, 0.2) is 0 Å². The normalized spacial score (nSPS) is 43.7. The molecule has 3 aliphatic rings. The Morgan fingerprint density at radius 1 is 1.11 bits per heavy atom. The quantitative estimate of drug-likeness (QED) is 0.826. The van der Waals surface area contributed by atoms with Crippen molar-refractivity contribution >= 4 is 11.8 Å². The second kappa shape index (κ2) is 5.29. The molecule has 104 valence electrons. The van der Waals surface area contributed by atoms with Crippen LogP contribution in [-0.4, -0.2) is 48.3 Å². The summed E-state index contributed by atoms with van der Waals surface area (Å²) < 4.78 is 17.3. The molecule has 0 radical (unpaired) electrons. The predicted octanol–water partition coefficient (Wildman–Crippen LogP) is 1.52. The first kappa shape index (κ1) is 13.2. The maximum atomic E-state index is 6.28. The molecule has 4 unspecified atom stereocenters. The van der Waals surface area contributed by atoms with Crippen LogP contribution < -0.4 is 5.73 Å². The Morgan fingerprint density at radius 2 is 1.89 bits per heavy atom. The predicted molar refractivity (Wildman–Crippen MR) is 71.7 cm³/mol. The lowest BCUT2D eigenvalue weighted by atomic mass is 9.90. The summed E-state index contributed by atoms with van der Waals surface area (Å²) in [5.74, 6) is -0.323. The zero-order valence-electron chi connectivity index (χ0n) is 11.0. The maximum Gasteiger partial charge on any atom is 0.169 e. The van der Waals surface area contributed by atoms with E-state index in [-0.39, 0.29) is 11.8 Å². The SMILES string of the molecule is CC1OCCC1SC1CC2(CCC1N)OCCO2. The van der Waals surface area contributed by atoms with Crippen LogP contribution in [0.4, 0.5) is 0 Å². The number of rotatable bonds is 2. The van der Waals surface area contributed by atoms with Gasteiger partial charge in [0.2, 0.25) is 0 Å². The van der Waals surface area contributed by atoms with Gasteiger partial charge in [-0.2, -0.15) is 11.8 Å². The van der Waals surface area contributed by atoms with Gasteiger partial charge >= 0.3 is 0 Å². The third kappa shape index (κ3) is 2.56. The molecule has 0 bridgehead atoms. The number of thioether (sulfide) groups is 1. The van der Waals surface area contributed by atoms with Gasteiger partial charge in [-0.25, -0.2) is 0 Å². The standard InChI is InChI=1S/C13H23NO3S/c1-9-11(3-5-15-9)18-12-8-13(4-2-10(12)14)16-6-7-17-13/h9-12H,2-8,14H2,1H3. The van der Waals surface area contributed by atoms with Crippen molar-refractivity contribution in [3.63, 3.8) is 0 Å². The van der Waals surface area contributed by atoms with E-state index >= 15 is 0 Å². The van der Waals surface area contributed by atoms with Gasteiger partial charge in [-0.3, -0.25) is 0 Å². The summed E-state index contributed by atoms with van der Waals surface area (Å²) in [6.07, 6.45) is 4.37. The molecule has 3 fully saturated rings. The van der Waals surface area contributed by atoms with Crippen molar-refractivity contribution in [2.24, 2.45) is 5.73 Å². The Labute approximate surface area is 113 Å². The summed E-state index contributed by atoms with van der Waals surface area (Å²) in [5, 5.41) is 1.02. The summed E-state index contributed by atoms with van der Waals surface area (Å²) in [6.45, 7) is 4.52. The Hall–Kier alpha value is 0.190. The van der Waals surface area contributed by atoms with Crippen molar-refractivity contribution in [2.75, 3.05) is 19.8 Å². The first-order chi connectivity index (χ1) is 8.69. The van der Waals surface area contributed by atoms with Gasteiger partial charge < -0.3 is 19.9 Å². The fourth-order valence-electron chi connectivity index (χ4n) is 3.16. The summed E-state index contributed by atoms with van der Waals surface area (Å²) in [7, 11) is 0. The Kier molecular flexibility index (Phi) is 3.87. The molecule has 2 aliphatic heterocycles. The largest absolute Gasteiger partial charge is 0.377 e. The molecule has 3 rings (SSSR count). The van der Waals surface area contributed by atoms with Crippen molar-refractivity contribution in [2.45, 2.75) is 61.0 Å². The molecule has 4 nitrogen and oxygen atoms in total. The van der Waals surface area contributed by atoms with Gasteiger partial charge in [0, 0.05) is 36.0 Å². The van der Waals surface area contributed by atoms with Crippen LogP contribution in [0.5, 0.6) is 0 Å². The zero-order chi connectivity index (χ0) is 12.6. The number of hydrogen-bond donors (Lipinski definition) is 1. The smallest absolute Gasteiger partial charge is 0.169 e. The van der Waals surface area contributed by atoms with Crippen LogP contribution in [0.25, 0.3) is 0 Å². The maximum absolute atomic E-state index is 6.28. The minimum atomic E-state index is -0.323. The average molecular weight is 273 g/mol. The van der Waals surface area contributed by atoms with Crippen LogP contribution >= 0.6 is 11.8 Å². The topological polar surface area (TPSA) is 53.7 Å². The van der Waals surface area contributed by atoms with E-state index < -0.39 is 0 Å². The summed E-state index contributed by atoms with van der Waals surface area (Å²) in [5.41, 5.74) is 6.28. The molecule has 2 saturated heterocycles. The van der Waals surface area contributed by atoms with E-state index in [1.807, 2.05) is 11.8 Å². The molecule has 0 aromatic rings. The van der Waals surface area contributed by atoms with Crippen LogP contribution in [0, 0.1) is 0 Å². The van der Waals surface area contributed by atoms with E-state index in [2.05, 4.69) is 6.92 Å². The minimum absolute atomic E-state index is 0.265. The highest BCUT2D eigenvalue weighted by atomic mass is 32.2. The molecule has 2 heterocycles. The Bertz CT molecular complexity index is 296. The molecule has 1 aliphatic carbocycles. The van der Waals surface area contributed by atoms with Crippen LogP contribution in [0.1, 0.15) is 32.6 Å². The zero-order valence-corrected chi connectivity index (χ0v) is 11.8. The lowest BCUT2D eigenvalue weighted by Gasteiger charge is -2.40. The third-order valence-corrected chi connectivity index (χ3v) is 6.15. The van der Waals surface area contributed by atoms with Crippen LogP contribution in [-0.2, 0) is 14.2 Å². The fraction of sp³-hybridized carbons (Fsp3) is 1.00. The van der Waals surface area contributed by atoms with E-state index in [0.717, 1.165) is 45.5 Å². The first-order valence-electron chi connectivity index (χ1n) is 6.99. The summed E-state index contributed by atoms with van der Waals surface area (Å²) in [6, 6.07) is 0.265. The molecule has 2 N–H and O–H groups in total. The van der Waals surface area contributed by atoms with E-state index in [9.17, 15) is 0 Å². The molecule has 0 aromatic carbocycles.